The molecule has 0 rings (SSSR count). The van der Waals surface area contributed by atoms with Crippen LogP contribution >= 0.6 is 0 Å². The van der Waals surface area contributed by atoms with Gasteiger partial charge < -0.3 is 15.6 Å². The van der Waals surface area contributed by atoms with Gasteiger partial charge in [0.05, 0.1) is 6.61 Å². The lowest BCUT2D eigenvalue weighted by Gasteiger charge is -2.07. The Hall–Kier alpha value is -0.120. The molecule has 50 valence electrons. The van der Waals surface area contributed by atoms with E-state index < -0.39 is 6.29 Å². The van der Waals surface area contributed by atoms with Gasteiger partial charge in [-0.1, -0.05) is 0 Å². The molecule has 0 aromatic heterocycles. The molecule has 0 saturated heterocycles. The van der Waals surface area contributed by atoms with Crippen molar-refractivity contribution < 1.29 is 9.84 Å². The van der Waals surface area contributed by atoms with Crippen LogP contribution in [0.3, 0.4) is 0 Å². The van der Waals surface area contributed by atoms with E-state index in [1.54, 1.807) is 6.92 Å². The van der Waals surface area contributed by atoms with E-state index in [1.165, 1.54) is 0 Å². The largest absolute Gasteiger partial charge is 0.368 e. The van der Waals surface area contributed by atoms with E-state index in [1.807, 2.05) is 6.92 Å². The second-order valence-corrected chi connectivity index (χ2v) is 1.91. The highest BCUT2D eigenvalue weighted by Gasteiger charge is 1.96. The van der Waals surface area contributed by atoms with Crippen molar-refractivity contribution in [1.82, 2.24) is 0 Å². The molecule has 3 N–H and O–H groups in total. The van der Waals surface area contributed by atoms with Crippen LogP contribution in [-0.4, -0.2) is 24.0 Å². The summed E-state index contributed by atoms with van der Waals surface area (Å²) >= 11 is 0. The van der Waals surface area contributed by atoms with Gasteiger partial charge in [-0.15, -0.1) is 0 Å². The van der Waals surface area contributed by atoms with E-state index in [0.29, 0.717) is 6.61 Å². The Labute approximate surface area is 49.4 Å². The molecule has 3 heteroatoms. The van der Waals surface area contributed by atoms with Crippen LogP contribution in [-0.2, 0) is 4.74 Å². The molecule has 2 atom stereocenters. The molecule has 0 saturated carbocycles. The zero-order valence-corrected chi connectivity index (χ0v) is 5.29. The third-order valence-corrected chi connectivity index (χ3v) is 0.600. The first-order valence-electron chi connectivity index (χ1n) is 2.68. The van der Waals surface area contributed by atoms with Crippen molar-refractivity contribution in [1.29, 1.82) is 0 Å². The highest BCUT2D eigenvalue weighted by molar-refractivity contribution is 4.47. The fourth-order valence-corrected chi connectivity index (χ4v) is 0.291. The standard InChI is InChI=1S/C5H13NO2/c1-4(6)3-8-5(2)7/h4-5,7H,3,6H2,1-2H3/t4-,5-/m1/s1. The lowest BCUT2D eigenvalue weighted by Crippen LogP contribution is -2.24. The van der Waals surface area contributed by atoms with Gasteiger partial charge in [0.15, 0.2) is 6.29 Å². The van der Waals surface area contributed by atoms with Gasteiger partial charge in [0.2, 0.25) is 0 Å². The number of hydrogen-bond donors (Lipinski definition) is 2. The zero-order valence-electron chi connectivity index (χ0n) is 5.29. The first-order chi connectivity index (χ1) is 3.63. The summed E-state index contributed by atoms with van der Waals surface area (Å²) in [6, 6.07) is 0.00426. The van der Waals surface area contributed by atoms with Crippen LogP contribution in [0.5, 0.6) is 0 Å². The van der Waals surface area contributed by atoms with Gasteiger partial charge in [-0.05, 0) is 13.8 Å². The topological polar surface area (TPSA) is 55.5 Å². The minimum absolute atomic E-state index is 0.00426. The average molecular weight is 119 g/mol. The van der Waals surface area contributed by atoms with Crippen molar-refractivity contribution >= 4 is 0 Å². The molecule has 8 heavy (non-hydrogen) atoms. The lowest BCUT2D eigenvalue weighted by atomic mass is 10.4. The second kappa shape index (κ2) is 3.83. The third kappa shape index (κ3) is 5.88. The third-order valence-electron chi connectivity index (χ3n) is 0.600. The first kappa shape index (κ1) is 7.88. The SMILES string of the molecule is C[C@H](O)OC[C@@H](C)N. The van der Waals surface area contributed by atoms with E-state index in [2.05, 4.69) is 0 Å². The molecule has 0 unspecified atom stereocenters. The minimum atomic E-state index is -0.694. The molecular weight excluding hydrogens is 106 g/mol. The predicted molar refractivity (Wildman–Crippen MR) is 31.3 cm³/mol. The van der Waals surface area contributed by atoms with Gasteiger partial charge in [0.25, 0.3) is 0 Å². The van der Waals surface area contributed by atoms with Crippen LogP contribution < -0.4 is 5.73 Å². The van der Waals surface area contributed by atoms with E-state index in [-0.39, 0.29) is 6.04 Å². The van der Waals surface area contributed by atoms with E-state index in [0.717, 1.165) is 0 Å². The highest BCUT2D eigenvalue weighted by Crippen LogP contribution is 1.84. The number of hydrogen-bond acceptors (Lipinski definition) is 3. The number of aliphatic hydroxyl groups excluding tert-OH is 1. The summed E-state index contributed by atoms with van der Waals surface area (Å²) in [5.74, 6) is 0. The molecule has 0 radical (unpaired) electrons. The number of ether oxygens (including phenoxy) is 1. The highest BCUT2D eigenvalue weighted by atomic mass is 16.6. The molecule has 0 amide bonds. The van der Waals surface area contributed by atoms with Crippen molar-refractivity contribution in [2.45, 2.75) is 26.2 Å². The van der Waals surface area contributed by atoms with E-state index >= 15 is 0 Å². The van der Waals surface area contributed by atoms with Crippen molar-refractivity contribution in [3.8, 4) is 0 Å². The summed E-state index contributed by atoms with van der Waals surface area (Å²) in [5.41, 5.74) is 5.30. The molecule has 3 nitrogen and oxygen atoms in total. The summed E-state index contributed by atoms with van der Waals surface area (Å²) in [4.78, 5) is 0. The maximum Gasteiger partial charge on any atom is 0.151 e. The van der Waals surface area contributed by atoms with Gasteiger partial charge in [-0.2, -0.15) is 0 Å². The Morgan fingerprint density at radius 3 is 2.25 bits per heavy atom. The van der Waals surface area contributed by atoms with Crippen molar-refractivity contribution in [2.24, 2.45) is 5.73 Å². The second-order valence-electron chi connectivity index (χ2n) is 1.91. The summed E-state index contributed by atoms with van der Waals surface area (Å²) in [5, 5.41) is 8.52. The molecule has 0 aromatic carbocycles. The molecule has 0 aliphatic rings. The minimum Gasteiger partial charge on any atom is -0.368 e. The van der Waals surface area contributed by atoms with Crippen molar-refractivity contribution in [3.63, 3.8) is 0 Å². The fraction of sp³-hybridized carbons (Fsp3) is 1.00. The zero-order chi connectivity index (χ0) is 6.57. The van der Waals surface area contributed by atoms with Crippen molar-refractivity contribution in [2.75, 3.05) is 6.61 Å². The van der Waals surface area contributed by atoms with Gasteiger partial charge in [-0.25, -0.2) is 0 Å². The van der Waals surface area contributed by atoms with E-state index in [4.69, 9.17) is 15.6 Å². The number of rotatable bonds is 3. The van der Waals surface area contributed by atoms with Crippen LogP contribution in [0.15, 0.2) is 0 Å². The molecule has 0 fully saturated rings. The van der Waals surface area contributed by atoms with Crippen LogP contribution in [0, 0.1) is 0 Å². The van der Waals surface area contributed by atoms with Gasteiger partial charge in [0.1, 0.15) is 0 Å². The number of nitrogens with two attached hydrogens (primary N) is 1. The van der Waals surface area contributed by atoms with E-state index in [9.17, 15) is 0 Å². The van der Waals surface area contributed by atoms with Gasteiger partial charge in [0, 0.05) is 6.04 Å². The van der Waals surface area contributed by atoms with Gasteiger partial charge in [-0.3, -0.25) is 0 Å². The molecule has 0 aliphatic heterocycles. The first-order valence-corrected chi connectivity index (χ1v) is 2.68. The molecule has 0 spiro atoms. The molecular formula is C5H13NO2. The quantitative estimate of drug-likeness (QED) is 0.501. The Bertz CT molecular complexity index is 46.4. The molecule has 0 aliphatic carbocycles. The molecule has 0 bridgehead atoms. The Morgan fingerprint density at radius 1 is 1.62 bits per heavy atom. The van der Waals surface area contributed by atoms with Crippen molar-refractivity contribution in [3.05, 3.63) is 0 Å². The monoisotopic (exact) mass is 119 g/mol. The maximum atomic E-state index is 8.52. The lowest BCUT2D eigenvalue weighted by molar-refractivity contribution is -0.0878. The summed E-state index contributed by atoms with van der Waals surface area (Å²) in [6.07, 6.45) is -0.694. The summed E-state index contributed by atoms with van der Waals surface area (Å²) < 4.78 is 4.73. The predicted octanol–water partition coefficient (Wildman–Crippen LogP) is -0.312. The Kier molecular flexibility index (Phi) is 3.77. The average Bonchev–Trinajstić information content (AvgIpc) is 1.61. The normalized spacial score (nSPS) is 18.0. The Morgan fingerprint density at radius 2 is 2.12 bits per heavy atom. The van der Waals surface area contributed by atoms with Crippen LogP contribution in [0.4, 0.5) is 0 Å². The molecule has 0 heterocycles. The van der Waals surface area contributed by atoms with Crippen LogP contribution in [0.2, 0.25) is 0 Å². The fourth-order valence-electron chi connectivity index (χ4n) is 0.291. The maximum absolute atomic E-state index is 8.52. The Balaban J connectivity index is 2.93. The van der Waals surface area contributed by atoms with Crippen LogP contribution in [0.1, 0.15) is 13.8 Å². The van der Waals surface area contributed by atoms with Crippen LogP contribution in [0.25, 0.3) is 0 Å². The summed E-state index contributed by atoms with van der Waals surface area (Å²) in [6.45, 7) is 3.79. The molecule has 0 aromatic rings. The smallest absolute Gasteiger partial charge is 0.151 e. The number of aliphatic hydroxyl groups is 1. The summed E-state index contributed by atoms with van der Waals surface area (Å²) in [7, 11) is 0. The van der Waals surface area contributed by atoms with Gasteiger partial charge >= 0.3 is 0 Å².